The van der Waals surface area contributed by atoms with Crippen LogP contribution < -0.4 is 0 Å². The lowest BCUT2D eigenvalue weighted by Crippen LogP contribution is -1.99. The van der Waals surface area contributed by atoms with Crippen molar-refractivity contribution in [1.29, 1.82) is 0 Å². The van der Waals surface area contributed by atoms with E-state index in [4.69, 9.17) is 0 Å². The molecule has 1 aromatic rings. The molecular weight excluding hydrogens is 194 g/mol. The maximum absolute atomic E-state index is 3.62. The van der Waals surface area contributed by atoms with Gasteiger partial charge in [-0.1, -0.05) is 32.6 Å². The smallest absolute Gasteiger partial charge is 0.0181 e. The van der Waals surface area contributed by atoms with E-state index in [1.165, 1.54) is 75.6 Å². The molecule has 1 heteroatoms. The Labute approximate surface area is 99.6 Å². The molecule has 0 aromatic carbocycles. The lowest BCUT2D eigenvalue weighted by Gasteiger charge is -2.09. The van der Waals surface area contributed by atoms with Gasteiger partial charge in [0.1, 0.15) is 0 Å². The Hall–Kier alpha value is -0.720. The number of aromatic amines is 1. The third kappa shape index (κ3) is 3.13. The molecule has 2 rings (SSSR count). The summed E-state index contributed by atoms with van der Waals surface area (Å²) in [5.74, 6) is 0. The zero-order chi connectivity index (χ0) is 11.2. The van der Waals surface area contributed by atoms with Crippen LogP contribution in [0.3, 0.4) is 0 Å². The molecule has 0 bridgehead atoms. The second-order valence-corrected chi connectivity index (χ2v) is 5.17. The molecule has 1 heterocycles. The van der Waals surface area contributed by atoms with Crippen LogP contribution in [0.4, 0.5) is 0 Å². The largest absolute Gasteiger partial charge is 0.362 e. The molecular formula is C15H25N. The highest BCUT2D eigenvalue weighted by Gasteiger charge is 2.11. The van der Waals surface area contributed by atoms with E-state index in [1.54, 1.807) is 5.56 Å². The first kappa shape index (κ1) is 11.8. The highest BCUT2D eigenvalue weighted by Crippen LogP contribution is 2.22. The minimum Gasteiger partial charge on any atom is -0.362 e. The Morgan fingerprint density at radius 2 is 1.88 bits per heavy atom. The van der Waals surface area contributed by atoms with Crippen molar-refractivity contribution < 1.29 is 0 Å². The summed E-state index contributed by atoms with van der Waals surface area (Å²) in [5, 5.41) is 0. The van der Waals surface area contributed by atoms with Crippen LogP contribution in [0.2, 0.25) is 0 Å². The number of hydrogen-bond acceptors (Lipinski definition) is 0. The van der Waals surface area contributed by atoms with Crippen LogP contribution in [-0.2, 0) is 19.3 Å². The van der Waals surface area contributed by atoms with Crippen molar-refractivity contribution in [3.63, 3.8) is 0 Å². The summed E-state index contributed by atoms with van der Waals surface area (Å²) in [6.07, 6.45) is 13.5. The Morgan fingerprint density at radius 1 is 1.06 bits per heavy atom. The Morgan fingerprint density at radius 3 is 2.69 bits per heavy atom. The molecule has 1 N–H and O–H groups in total. The molecule has 0 aliphatic heterocycles. The molecule has 1 aromatic heterocycles. The van der Waals surface area contributed by atoms with Gasteiger partial charge in [0.05, 0.1) is 0 Å². The first-order valence-corrected chi connectivity index (χ1v) is 7.10. The van der Waals surface area contributed by atoms with Gasteiger partial charge in [0.25, 0.3) is 0 Å². The van der Waals surface area contributed by atoms with Crippen LogP contribution in [0.15, 0.2) is 6.07 Å². The maximum atomic E-state index is 3.62. The number of H-pyrrole nitrogens is 1. The van der Waals surface area contributed by atoms with Crippen molar-refractivity contribution in [3.05, 3.63) is 23.0 Å². The Kier molecular flexibility index (Phi) is 4.50. The topological polar surface area (TPSA) is 15.8 Å². The van der Waals surface area contributed by atoms with Crippen LogP contribution in [-0.4, -0.2) is 4.98 Å². The molecule has 0 spiro atoms. The van der Waals surface area contributed by atoms with Crippen molar-refractivity contribution in [2.24, 2.45) is 0 Å². The zero-order valence-corrected chi connectivity index (χ0v) is 10.6. The van der Waals surface area contributed by atoms with Crippen molar-refractivity contribution in [2.45, 2.75) is 71.1 Å². The fourth-order valence-corrected chi connectivity index (χ4v) is 2.72. The van der Waals surface area contributed by atoms with Gasteiger partial charge in [-0.15, -0.1) is 0 Å². The highest BCUT2D eigenvalue weighted by atomic mass is 14.7. The SMILES string of the molecule is CCCCCCCc1cc2c([nH]1)CCCC2. The van der Waals surface area contributed by atoms with Gasteiger partial charge in [-0.05, 0) is 50.2 Å². The van der Waals surface area contributed by atoms with E-state index in [1.807, 2.05) is 0 Å². The third-order valence-corrected chi connectivity index (χ3v) is 3.72. The van der Waals surface area contributed by atoms with Gasteiger partial charge in [-0.25, -0.2) is 0 Å². The number of unbranched alkanes of at least 4 members (excludes halogenated alkanes) is 4. The van der Waals surface area contributed by atoms with E-state index in [0.717, 1.165) is 0 Å². The summed E-state index contributed by atoms with van der Waals surface area (Å²) < 4.78 is 0. The third-order valence-electron chi connectivity index (χ3n) is 3.72. The van der Waals surface area contributed by atoms with Crippen molar-refractivity contribution in [2.75, 3.05) is 0 Å². The van der Waals surface area contributed by atoms with Gasteiger partial charge in [-0.2, -0.15) is 0 Å². The molecule has 16 heavy (non-hydrogen) atoms. The molecule has 0 radical (unpaired) electrons. The molecule has 0 saturated heterocycles. The Balaban J connectivity index is 1.74. The second kappa shape index (κ2) is 6.12. The summed E-state index contributed by atoms with van der Waals surface area (Å²) in [7, 11) is 0. The normalized spacial score (nSPS) is 15.1. The lowest BCUT2D eigenvalue weighted by atomic mass is 9.98. The second-order valence-electron chi connectivity index (χ2n) is 5.17. The summed E-state index contributed by atoms with van der Waals surface area (Å²) >= 11 is 0. The molecule has 1 nitrogen and oxygen atoms in total. The molecule has 0 fully saturated rings. The zero-order valence-electron chi connectivity index (χ0n) is 10.6. The van der Waals surface area contributed by atoms with E-state index in [-0.39, 0.29) is 0 Å². The fourth-order valence-electron chi connectivity index (χ4n) is 2.72. The van der Waals surface area contributed by atoms with E-state index < -0.39 is 0 Å². The molecule has 0 unspecified atom stereocenters. The summed E-state index contributed by atoms with van der Waals surface area (Å²) in [4.78, 5) is 3.62. The number of rotatable bonds is 6. The molecule has 0 saturated carbocycles. The summed E-state index contributed by atoms with van der Waals surface area (Å²) in [6, 6.07) is 2.42. The van der Waals surface area contributed by atoms with Crippen molar-refractivity contribution >= 4 is 0 Å². The van der Waals surface area contributed by atoms with Crippen LogP contribution in [0.1, 0.15) is 68.8 Å². The quantitative estimate of drug-likeness (QED) is 0.682. The van der Waals surface area contributed by atoms with Crippen molar-refractivity contribution in [3.8, 4) is 0 Å². The van der Waals surface area contributed by atoms with Gasteiger partial charge in [0, 0.05) is 11.4 Å². The number of hydrogen-bond donors (Lipinski definition) is 1. The minimum atomic E-state index is 1.26. The van der Waals surface area contributed by atoms with E-state index >= 15 is 0 Å². The number of aromatic nitrogens is 1. The molecule has 1 aliphatic carbocycles. The van der Waals surface area contributed by atoms with Gasteiger partial charge >= 0.3 is 0 Å². The maximum Gasteiger partial charge on any atom is 0.0181 e. The van der Waals surface area contributed by atoms with Gasteiger partial charge in [0.2, 0.25) is 0 Å². The summed E-state index contributed by atoms with van der Waals surface area (Å²) in [6.45, 7) is 2.28. The fraction of sp³-hybridized carbons (Fsp3) is 0.733. The average Bonchev–Trinajstić information content (AvgIpc) is 2.71. The predicted octanol–water partition coefficient (Wildman–Crippen LogP) is 4.41. The number of nitrogens with one attached hydrogen (secondary N) is 1. The molecule has 1 aliphatic rings. The molecule has 90 valence electrons. The minimum absolute atomic E-state index is 1.26. The van der Waals surface area contributed by atoms with Gasteiger partial charge in [0.15, 0.2) is 0 Å². The summed E-state index contributed by atoms with van der Waals surface area (Å²) in [5.41, 5.74) is 4.63. The first-order valence-electron chi connectivity index (χ1n) is 7.10. The van der Waals surface area contributed by atoms with E-state index in [0.29, 0.717) is 0 Å². The van der Waals surface area contributed by atoms with Gasteiger partial charge in [-0.3, -0.25) is 0 Å². The standard InChI is InChI=1S/C15H25N/c1-2-3-4-5-6-10-14-12-13-9-7-8-11-15(13)16-14/h12,16H,2-11H2,1H3. The van der Waals surface area contributed by atoms with E-state index in [9.17, 15) is 0 Å². The molecule has 0 amide bonds. The lowest BCUT2D eigenvalue weighted by molar-refractivity contribution is 0.628. The monoisotopic (exact) mass is 219 g/mol. The van der Waals surface area contributed by atoms with Crippen molar-refractivity contribution in [1.82, 2.24) is 4.98 Å². The number of fused-ring (bicyclic) bond motifs is 1. The highest BCUT2D eigenvalue weighted by molar-refractivity contribution is 5.28. The van der Waals surface area contributed by atoms with Crippen LogP contribution >= 0.6 is 0 Å². The molecule has 0 atom stereocenters. The predicted molar refractivity (Wildman–Crippen MR) is 69.9 cm³/mol. The van der Waals surface area contributed by atoms with E-state index in [2.05, 4.69) is 18.0 Å². The first-order chi connectivity index (χ1) is 7.90. The van der Waals surface area contributed by atoms with Crippen LogP contribution in [0.5, 0.6) is 0 Å². The Bertz CT molecular complexity index is 288. The number of aryl methyl sites for hydroxylation is 3. The van der Waals surface area contributed by atoms with Gasteiger partial charge < -0.3 is 4.98 Å². The van der Waals surface area contributed by atoms with Crippen LogP contribution in [0.25, 0.3) is 0 Å². The van der Waals surface area contributed by atoms with Crippen LogP contribution in [0, 0.1) is 0 Å². The average molecular weight is 219 g/mol.